The Labute approximate surface area is 123 Å². The first-order valence-electron chi connectivity index (χ1n) is 9.45. The molecule has 2 aliphatic heterocycles. The number of ether oxygens (including phenoxy) is 1. The van der Waals surface area contributed by atoms with Gasteiger partial charge in [-0.1, -0.05) is 32.3 Å². The lowest BCUT2D eigenvalue weighted by Gasteiger charge is -2.23. The zero-order chi connectivity index (χ0) is 17.8. The number of rotatable bonds is 6. The third-order valence-corrected chi connectivity index (χ3v) is 3.15. The van der Waals surface area contributed by atoms with Gasteiger partial charge in [-0.3, -0.25) is 4.99 Å². The Morgan fingerprint density at radius 2 is 2.37 bits per heavy atom. The maximum absolute atomic E-state index is 7.91. The molecule has 0 aromatic heterocycles. The normalized spacial score (nSPS) is 27.2. The third kappa shape index (κ3) is 4.16. The summed E-state index contributed by atoms with van der Waals surface area (Å²) in [6.45, 7) is -1.43. The fourth-order valence-corrected chi connectivity index (χ4v) is 2.10. The molecule has 0 aromatic rings. The zero-order valence-electron chi connectivity index (χ0n) is 16.5. The van der Waals surface area contributed by atoms with Crippen LogP contribution in [0.1, 0.15) is 45.9 Å². The number of unbranched alkanes of at least 4 members (excludes halogenated alkanes) is 3. The number of likely N-dealkylation sites (N-methyl/N-ethyl adjacent to an activating group) is 1. The van der Waals surface area contributed by atoms with Crippen LogP contribution < -0.4 is 0 Å². The summed E-state index contributed by atoms with van der Waals surface area (Å²) in [5, 5.41) is 0. The zero-order valence-corrected chi connectivity index (χ0v) is 11.5. The highest BCUT2D eigenvalue weighted by atomic mass is 16.5. The predicted molar refractivity (Wildman–Crippen MR) is 80.0 cm³/mol. The maximum Gasteiger partial charge on any atom is 0.237 e. The molecule has 4 nitrogen and oxygen atoms in total. The van der Waals surface area contributed by atoms with E-state index in [1.807, 2.05) is 0 Å². The van der Waals surface area contributed by atoms with E-state index in [9.17, 15) is 0 Å². The van der Waals surface area contributed by atoms with Crippen molar-refractivity contribution < 1.29 is 11.6 Å². The molecule has 2 aliphatic rings. The van der Waals surface area contributed by atoms with Crippen LogP contribution in [0.2, 0.25) is 0 Å². The van der Waals surface area contributed by atoms with E-state index in [1.165, 1.54) is 6.42 Å². The highest BCUT2D eigenvalue weighted by Crippen LogP contribution is 2.14. The summed E-state index contributed by atoms with van der Waals surface area (Å²) in [5.74, 6) is 0.450. The van der Waals surface area contributed by atoms with Gasteiger partial charge in [-0.2, -0.15) is 0 Å². The second kappa shape index (κ2) is 7.43. The van der Waals surface area contributed by atoms with E-state index in [4.69, 9.17) is 11.6 Å². The van der Waals surface area contributed by atoms with E-state index in [0.717, 1.165) is 24.2 Å². The van der Waals surface area contributed by atoms with Crippen molar-refractivity contribution in [2.75, 3.05) is 33.3 Å². The van der Waals surface area contributed by atoms with Crippen molar-refractivity contribution >= 4 is 11.6 Å². The Hall–Kier alpha value is -1.16. The van der Waals surface area contributed by atoms with E-state index in [-0.39, 0.29) is 19.6 Å². The minimum absolute atomic E-state index is 0.00350. The molecule has 0 saturated heterocycles. The van der Waals surface area contributed by atoms with Crippen LogP contribution in [-0.4, -0.2) is 49.8 Å². The smallest absolute Gasteiger partial charge is 0.237 e. The van der Waals surface area contributed by atoms with Crippen molar-refractivity contribution in [2.45, 2.75) is 39.0 Å². The van der Waals surface area contributed by atoms with E-state index in [1.54, 1.807) is 6.08 Å². The highest BCUT2D eigenvalue weighted by molar-refractivity contribution is 6.46. The number of hydrogen-bond donors (Lipinski definition) is 0. The summed E-state index contributed by atoms with van der Waals surface area (Å²) in [7, 11) is 0. The van der Waals surface area contributed by atoms with Crippen LogP contribution in [0.4, 0.5) is 0 Å². The first-order valence-corrected chi connectivity index (χ1v) is 6.95. The standard InChI is InChI=1S/C15H25N3O/c1-3-4-5-6-10-19-15-14(16-12-17-15)13-8-7-9-18(2)11-13/h8H,3-7,9-12H2,1-2H3/i2D3,9D2. The van der Waals surface area contributed by atoms with Gasteiger partial charge in [-0.05, 0) is 25.4 Å². The minimum Gasteiger partial charge on any atom is -0.476 e. The SMILES string of the molecule is [2H]C([2H])([2H])N1CC(C2=NCN=C2OCCCCCC)=CCC1([2H])[2H]. The van der Waals surface area contributed by atoms with Crippen molar-refractivity contribution in [2.24, 2.45) is 9.98 Å². The summed E-state index contributed by atoms with van der Waals surface area (Å²) < 4.78 is 44.2. The van der Waals surface area contributed by atoms with Crippen molar-refractivity contribution in [3.63, 3.8) is 0 Å². The molecule has 0 unspecified atom stereocenters. The fourth-order valence-electron chi connectivity index (χ4n) is 2.10. The molecule has 0 aliphatic carbocycles. The van der Waals surface area contributed by atoms with E-state index in [2.05, 4.69) is 16.9 Å². The lowest BCUT2D eigenvalue weighted by molar-refractivity contribution is 0.298. The van der Waals surface area contributed by atoms with Crippen LogP contribution in [0.15, 0.2) is 21.6 Å². The van der Waals surface area contributed by atoms with Crippen LogP contribution >= 0.6 is 0 Å². The molecular formula is C15H25N3O. The van der Waals surface area contributed by atoms with Crippen LogP contribution in [0.3, 0.4) is 0 Å². The van der Waals surface area contributed by atoms with Gasteiger partial charge in [-0.25, -0.2) is 4.99 Å². The second-order valence-corrected chi connectivity index (χ2v) is 4.70. The molecule has 2 rings (SSSR count). The average molecular weight is 268 g/mol. The van der Waals surface area contributed by atoms with Gasteiger partial charge >= 0.3 is 0 Å². The van der Waals surface area contributed by atoms with Crippen molar-refractivity contribution in [3.05, 3.63) is 11.6 Å². The van der Waals surface area contributed by atoms with Crippen molar-refractivity contribution in [1.29, 1.82) is 0 Å². The lowest BCUT2D eigenvalue weighted by atomic mass is 10.1. The van der Waals surface area contributed by atoms with Gasteiger partial charge in [0.05, 0.1) is 6.61 Å². The molecule has 0 saturated carbocycles. The molecule has 0 radical (unpaired) electrons. The fraction of sp³-hybridized carbons (Fsp3) is 0.733. The van der Waals surface area contributed by atoms with E-state index < -0.39 is 13.5 Å². The van der Waals surface area contributed by atoms with E-state index in [0.29, 0.717) is 23.8 Å². The van der Waals surface area contributed by atoms with Gasteiger partial charge in [0.15, 0.2) is 0 Å². The lowest BCUT2D eigenvalue weighted by Crippen LogP contribution is -2.31. The van der Waals surface area contributed by atoms with Gasteiger partial charge in [0.25, 0.3) is 0 Å². The van der Waals surface area contributed by atoms with Crippen LogP contribution in [0.25, 0.3) is 0 Å². The molecule has 19 heavy (non-hydrogen) atoms. The highest BCUT2D eigenvalue weighted by Gasteiger charge is 2.22. The molecule has 0 spiro atoms. The molecule has 106 valence electrons. The predicted octanol–water partition coefficient (Wildman–Crippen LogP) is 2.66. The largest absolute Gasteiger partial charge is 0.476 e. The Balaban J connectivity index is 2.00. The summed E-state index contributed by atoms with van der Waals surface area (Å²) in [4.78, 5) is 9.44. The number of hydrogen-bond acceptors (Lipinski definition) is 4. The summed E-state index contributed by atoms with van der Waals surface area (Å²) in [6, 6.07) is 0. The molecule has 0 N–H and O–H groups in total. The molecule has 0 fully saturated rings. The Kier molecular flexibility index (Phi) is 3.48. The minimum atomic E-state index is -2.50. The Morgan fingerprint density at radius 3 is 3.21 bits per heavy atom. The Bertz CT molecular complexity index is 540. The summed E-state index contributed by atoms with van der Waals surface area (Å²) in [5.41, 5.74) is 1.24. The number of aliphatic imine (C=N–C) groups is 2. The Morgan fingerprint density at radius 1 is 1.42 bits per heavy atom. The third-order valence-electron chi connectivity index (χ3n) is 3.15. The van der Waals surface area contributed by atoms with Crippen LogP contribution in [-0.2, 0) is 4.74 Å². The monoisotopic (exact) mass is 268 g/mol. The van der Waals surface area contributed by atoms with Crippen LogP contribution in [0, 0.1) is 0 Å². The average Bonchev–Trinajstić information content (AvgIpc) is 2.94. The molecule has 2 heterocycles. The van der Waals surface area contributed by atoms with Crippen molar-refractivity contribution in [3.8, 4) is 0 Å². The van der Waals surface area contributed by atoms with Crippen LogP contribution in [0.5, 0.6) is 0 Å². The first-order chi connectivity index (χ1) is 11.3. The van der Waals surface area contributed by atoms with Gasteiger partial charge in [-0.15, -0.1) is 0 Å². The molecule has 4 heteroatoms. The van der Waals surface area contributed by atoms with Gasteiger partial charge < -0.3 is 9.64 Å². The van der Waals surface area contributed by atoms with Crippen molar-refractivity contribution in [1.82, 2.24) is 4.90 Å². The topological polar surface area (TPSA) is 37.2 Å². The quantitative estimate of drug-likeness (QED) is 0.694. The summed E-state index contributed by atoms with van der Waals surface area (Å²) >= 11 is 0. The molecule has 0 aromatic carbocycles. The maximum atomic E-state index is 7.91. The molecule has 0 atom stereocenters. The van der Waals surface area contributed by atoms with Gasteiger partial charge in [0, 0.05) is 19.9 Å². The second-order valence-electron chi connectivity index (χ2n) is 4.70. The summed E-state index contributed by atoms with van der Waals surface area (Å²) in [6.07, 6.45) is 6.10. The molecule has 0 amide bonds. The first kappa shape index (κ1) is 8.90. The molecular weight excluding hydrogens is 238 g/mol. The molecule has 0 bridgehead atoms. The number of nitrogens with zero attached hydrogens (tertiary/aromatic N) is 3. The van der Waals surface area contributed by atoms with Gasteiger partial charge in [0.1, 0.15) is 12.4 Å². The van der Waals surface area contributed by atoms with Gasteiger partial charge in [0.2, 0.25) is 5.90 Å². The van der Waals surface area contributed by atoms with E-state index >= 15 is 0 Å².